The first kappa shape index (κ1) is 15.7. The molecule has 112 valence electrons. The van der Waals surface area contributed by atoms with E-state index in [4.69, 9.17) is 21.1 Å². The van der Waals surface area contributed by atoms with Crippen LogP contribution < -0.4 is 14.8 Å². The number of ether oxygens (including phenoxy) is 2. The summed E-state index contributed by atoms with van der Waals surface area (Å²) in [4.78, 5) is 0. The third-order valence-electron chi connectivity index (χ3n) is 3.57. The monoisotopic (exact) mass is 305 g/mol. The van der Waals surface area contributed by atoms with Crippen molar-refractivity contribution in [3.05, 3.63) is 58.1 Å². The molecule has 0 bridgehead atoms. The Morgan fingerprint density at radius 1 is 1.05 bits per heavy atom. The van der Waals surface area contributed by atoms with Gasteiger partial charge in [-0.2, -0.15) is 0 Å². The topological polar surface area (TPSA) is 30.5 Å². The van der Waals surface area contributed by atoms with Crippen LogP contribution in [0, 0.1) is 6.92 Å². The lowest BCUT2D eigenvalue weighted by molar-refractivity contribution is 0.388. The number of benzene rings is 2. The van der Waals surface area contributed by atoms with E-state index in [1.165, 1.54) is 0 Å². The van der Waals surface area contributed by atoms with Crippen molar-refractivity contribution in [1.29, 1.82) is 0 Å². The first-order valence-electron chi connectivity index (χ1n) is 6.76. The van der Waals surface area contributed by atoms with Crippen molar-refractivity contribution in [2.24, 2.45) is 0 Å². The molecule has 0 aromatic heterocycles. The molecule has 2 aromatic rings. The van der Waals surface area contributed by atoms with Gasteiger partial charge >= 0.3 is 0 Å². The zero-order chi connectivity index (χ0) is 15.4. The van der Waals surface area contributed by atoms with Crippen molar-refractivity contribution in [2.45, 2.75) is 13.0 Å². The fourth-order valence-electron chi connectivity index (χ4n) is 2.35. The Bertz CT molecular complexity index is 628. The average molecular weight is 306 g/mol. The lowest BCUT2D eigenvalue weighted by atomic mass is 9.97. The molecule has 0 aliphatic carbocycles. The minimum atomic E-state index is 0.00366. The molecule has 0 aliphatic rings. The van der Waals surface area contributed by atoms with Gasteiger partial charge < -0.3 is 14.8 Å². The summed E-state index contributed by atoms with van der Waals surface area (Å²) >= 11 is 6.24. The molecule has 2 rings (SSSR count). The maximum atomic E-state index is 6.24. The van der Waals surface area contributed by atoms with Crippen LogP contribution in [-0.4, -0.2) is 21.3 Å². The van der Waals surface area contributed by atoms with Gasteiger partial charge in [0, 0.05) is 16.7 Å². The van der Waals surface area contributed by atoms with E-state index >= 15 is 0 Å². The molecule has 0 radical (unpaired) electrons. The maximum Gasteiger partial charge on any atom is 0.127 e. The van der Waals surface area contributed by atoms with Crippen LogP contribution in [0.2, 0.25) is 5.02 Å². The number of aryl methyl sites for hydroxylation is 1. The van der Waals surface area contributed by atoms with Crippen LogP contribution in [-0.2, 0) is 0 Å². The summed E-state index contributed by atoms with van der Waals surface area (Å²) in [6.07, 6.45) is 0. The van der Waals surface area contributed by atoms with Crippen LogP contribution in [0.1, 0.15) is 22.7 Å². The van der Waals surface area contributed by atoms with Gasteiger partial charge in [-0.3, -0.25) is 0 Å². The zero-order valence-electron chi connectivity index (χ0n) is 12.7. The third kappa shape index (κ3) is 3.31. The summed E-state index contributed by atoms with van der Waals surface area (Å²) in [5, 5.41) is 4.08. The Balaban J connectivity index is 2.47. The van der Waals surface area contributed by atoms with Gasteiger partial charge in [0.25, 0.3) is 0 Å². The SMILES string of the molecule is CNC(c1ccc(C)c(Cl)c1)c1ccc(OC)cc1OC. The molecule has 0 spiro atoms. The molecule has 1 atom stereocenters. The number of rotatable bonds is 5. The predicted octanol–water partition coefficient (Wildman–Crippen LogP) is 3.97. The highest BCUT2D eigenvalue weighted by Crippen LogP contribution is 2.34. The van der Waals surface area contributed by atoms with Gasteiger partial charge in [0.05, 0.1) is 20.3 Å². The summed E-state index contributed by atoms with van der Waals surface area (Å²) in [6, 6.07) is 11.9. The fourth-order valence-corrected chi connectivity index (χ4v) is 2.54. The molecule has 0 aliphatic heterocycles. The van der Waals surface area contributed by atoms with E-state index in [1.807, 2.05) is 44.3 Å². The molecule has 1 unspecified atom stereocenters. The van der Waals surface area contributed by atoms with E-state index in [9.17, 15) is 0 Å². The van der Waals surface area contributed by atoms with Crippen molar-refractivity contribution in [3.63, 3.8) is 0 Å². The van der Waals surface area contributed by atoms with Crippen LogP contribution in [0.4, 0.5) is 0 Å². The number of halogens is 1. The smallest absolute Gasteiger partial charge is 0.127 e. The molecule has 0 amide bonds. The second-order valence-electron chi connectivity index (χ2n) is 4.84. The standard InChI is InChI=1S/C17H20ClNO2/c1-11-5-6-12(9-15(11)18)17(19-2)14-8-7-13(20-3)10-16(14)21-4/h5-10,17,19H,1-4H3. The molecular formula is C17H20ClNO2. The van der Waals surface area contributed by atoms with E-state index in [0.717, 1.165) is 33.2 Å². The third-order valence-corrected chi connectivity index (χ3v) is 3.98. The lowest BCUT2D eigenvalue weighted by Crippen LogP contribution is -2.18. The molecule has 3 nitrogen and oxygen atoms in total. The molecule has 1 N–H and O–H groups in total. The Hall–Kier alpha value is -1.71. The first-order chi connectivity index (χ1) is 10.1. The number of nitrogens with one attached hydrogen (secondary N) is 1. The van der Waals surface area contributed by atoms with Crippen LogP contribution >= 0.6 is 11.6 Å². The van der Waals surface area contributed by atoms with Gasteiger partial charge in [0.2, 0.25) is 0 Å². The van der Waals surface area contributed by atoms with Gasteiger partial charge in [0.15, 0.2) is 0 Å². The van der Waals surface area contributed by atoms with Crippen molar-refractivity contribution in [3.8, 4) is 11.5 Å². The first-order valence-corrected chi connectivity index (χ1v) is 7.13. The highest BCUT2D eigenvalue weighted by molar-refractivity contribution is 6.31. The molecule has 21 heavy (non-hydrogen) atoms. The maximum absolute atomic E-state index is 6.24. The Morgan fingerprint density at radius 2 is 1.81 bits per heavy atom. The van der Waals surface area contributed by atoms with Crippen LogP contribution in [0.3, 0.4) is 0 Å². The molecular weight excluding hydrogens is 286 g/mol. The minimum absolute atomic E-state index is 0.00366. The normalized spacial score (nSPS) is 12.0. The molecule has 2 aromatic carbocycles. The predicted molar refractivity (Wildman–Crippen MR) is 86.6 cm³/mol. The Morgan fingerprint density at radius 3 is 2.38 bits per heavy atom. The van der Waals surface area contributed by atoms with Gasteiger partial charge in [-0.05, 0) is 43.3 Å². The average Bonchev–Trinajstić information content (AvgIpc) is 2.51. The number of methoxy groups -OCH3 is 2. The van der Waals surface area contributed by atoms with E-state index in [2.05, 4.69) is 11.4 Å². The van der Waals surface area contributed by atoms with Crippen LogP contribution in [0.5, 0.6) is 11.5 Å². The number of hydrogen-bond acceptors (Lipinski definition) is 3. The van der Waals surface area contributed by atoms with E-state index in [0.29, 0.717) is 0 Å². The van der Waals surface area contributed by atoms with Crippen molar-refractivity contribution in [2.75, 3.05) is 21.3 Å². The van der Waals surface area contributed by atoms with Gasteiger partial charge in [-0.1, -0.05) is 23.7 Å². The van der Waals surface area contributed by atoms with Crippen molar-refractivity contribution >= 4 is 11.6 Å². The summed E-state index contributed by atoms with van der Waals surface area (Å²) in [6.45, 7) is 1.99. The summed E-state index contributed by atoms with van der Waals surface area (Å²) in [7, 11) is 5.22. The second-order valence-corrected chi connectivity index (χ2v) is 5.25. The highest BCUT2D eigenvalue weighted by atomic mass is 35.5. The minimum Gasteiger partial charge on any atom is -0.497 e. The summed E-state index contributed by atoms with van der Waals surface area (Å²) in [5.74, 6) is 1.55. The summed E-state index contributed by atoms with van der Waals surface area (Å²) < 4.78 is 10.7. The summed E-state index contributed by atoms with van der Waals surface area (Å²) in [5.41, 5.74) is 3.20. The van der Waals surface area contributed by atoms with Crippen molar-refractivity contribution in [1.82, 2.24) is 5.32 Å². The molecule has 0 saturated heterocycles. The highest BCUT2D eigenvalue weighted by Gasteiger charge is 2.18. The Kier molecular flexibility index (Phi) is 5.10. The Labute approximate surface area is 130 Å². The van der Waals surface area contributed by atoms with Crippen LogP contribution in [0.15, 0.2) is 36.4 Å². The molecule has 0 fully saturated rings. The molecule has 4 heteroatoms. The van der Waals surface area contributed by atoms with Gasteiger partial charge in [0.1, 0.15) is 11.5 Å². The lowest BCUT2D eigenvalue weighted by Gasteiger charge is -2.21. The van der Waals surface area contributed by atoms with E-state index < -0.39 is 0 Å². The largest absolute Gasteiger partial charge is 0.497 e. The molecule has 0 heterocycles. The van der Waals surface area contributed by atoms with Crippen LogP contribution in [0.25, 0.3) is 0 Å². The quantitative estimate of drug-likeness (QED) is 0.906. The van der Waals surface area contributed by atoms with Gasteiger partial charge in [-0.15, -0.1) is 0 Å². The second kappa shape index (κ2) is 6.83. The molecule has 0 saturated carbocycles. The number of hydrogen-bond donors (Lipinski definition) is 1. The zero-order valence-corrected chi connectivity index (χ0v) is 13.5. The van der Waals surface area contributed by atoms with Crippen molar-refractivity contribution < 1.29 is 9.47 Å². The fraction of sp³-hybridized carbons (Fsp3) is 0.294. The van der Waals surface area contributed by atoms with E-state index in [-0.39, 0.29) is 6.04 Å². The van der Waals surface area contributed by atoms with Gasteiger partial charge in [-0.25, -0.2) is 0 Å². The van der Waals surface area contributed by atoms with E-state index in [1.54, 1.807) is 14.2 Å².